The molecule has 0 unspecified atom stereocenters. The van der Waals surface area contributed by atoms with Gasteiger partial charge in [0.1, 0.15) is 17.4 Å². The summed E-state index contributed by atoms with van der Waals surface area (Å²) in [5.74, 6) is 0.320. The number of nitrogens with one attached hydrogen (secondary N) is 1. The zero-order valence-corrected chi connectivity index (χ0v) is 18.9. The minimum Gasteiger partial charge on any atom is -0.486 e. The number of rotatable bonds is 7. The summed E-state index contributed by atoms with van der Waals surface area (Å²) in [5.41, 5.74) is 1.69. The molecule has 0 saturated carbocycles. The molecule has 3 aromatic rings. The van der Waals surface area contributed by atoms with Crippen molar-refractivity contribution in [1.82, 2.24) is 4.98 Å². The largest absolute Gasteiger partial charge is 0.486 e. The first-order valence-electron chi connectivity index (χ1n) is 10.7. The van der Waals surface area contributed by atoms with E-state index in [9.17, 15) is 18.0 Å². The van der Waals surface area contributed by atoms with Crippen molar-refractivity contribution in [2.75, 3.05) is 23.3 Å². The van der Waals surface area contributed by atoms with Crippen molar-refractivity contribution < 1.29 is 22.7 Å². The van der Waals surface area contributed by atoms with Crippen molar-refractivity contribution in [1.29, 1.82) is 0 Å². The summed E-state index contributed by atoms with van der Waals surface area (Å²) in [7, 11) is 0. The summed E-state index contributed by atoms with van der Waals surface area (Å²) in [6.07, 6.45) is -2.57. The van der Waals surface area contributed by atoms with E-state index < -0.39 is 17.6 Å². The normalized spacial score (nSPS) is 13.9. The highest BCUT2D eigenvalue weighted by atomic mass is 32.1. The van der Waals surface area contributed by atoms with Gasteiger partial charge in [-0.2, -0.15) is 13.2 Å². The molecule has 1 amide bonds. The van der Waals surface area contributed by atoms with Crippen molar-refractivity contribution in [2.24, 2.45) is 0 Å². The number of alkyl halides is 3. The number of hydrogen-bond acceptors (Lipinski definition) is 5. The van der Waals surface area contributed by atoms with Crippen LogP contribution in [-0.2, 0) is 24.0 Å². The van der Waals surface area contributed by atoms with Crippen molar-refractivity contribution in [2.45, 2.75) is 39.0 Å². The molecule has 1 aliphatic heterocycles. The van der Waals surface area contributed by atoms with E-state index in [2.05, 4.69) is 10.3 Å². The number of halogens is 3. The Bertz CT molecular complexity index is 1110. The smallest absolute Gasteiger partial charge is 0.416 e. The molecule has 1 saturated heterocycles. The lowest BCUT2D eigenvalue weighted by Crippen LogP contribution is -2.22. The number of carbonyl (C=O) groups is 1. The number of thiazole rings is 1. The lowest BCUT2D eigenvalue weighted by molar-refractivity contribution is -0.137. The van der Waals surface area contributed by atoms with E-state index in [1.54, 1.807) is 5.38 Å². The van der Waals surface area contributed by atoms with E-state index in [0.29, 0.717) is 11.4 Å². The van der Waals surface area contributed by atoms with Crippen LogP contribution in [0, 0.1) is 6.92 Å². The topological polar surface area (TPSA) is 54.5 Å². The van der Waals surface area contributed by atoms with Gasteiger partial charge in [-0.1, -0.05) is 17.7 Å². The molecule has 0 aliphatic carbocycles. The molecule has 0 atom stereocenters. The molecular weight excluding hydrogens is 451 g/mol. The molecule has 0 bridgehead atoms. The quantitative estimate of drug-likeness (QED) is 0.467. The number of benzene rings is 2. The van der Waals surface area contributed by atoms with E-state index in [1.807, 2.05) is 36.1 Å². The van der Waals surface area contributed by atoms with Gasteiger partial charge in [0.15, 0.2) is 0 Å². The number of nitrogens with zero attached hydrogens (tertiary/aromatic N) is 2. The second kappa shape index (κ2) is 9.82. The van der Waals surface area contributed by atoms with Gasteiger partial charge in [0.2, 0.25) is 5.91 Å². The van der Waals surface area contributed by atoms with Gasteiger partial charge in [-0.15, -0.1) is 11.3 Å². The molecule has 2 heterocycles. The Hall–Kier alpha value is -3.07. The number of carbonyl (C=O) groups excluding carboxylic acids is 1. The zero-order valence-electron chi connectivity index (χ0n) is 18.1. The van der Waals surface area contributed by atoms with Crippen LogP contribution in [0.1, 0.15) is 34.7 Å². The maximum atomic E-state index is 13.2. The third-order valence-electron chi connectivity index (χ3n) is 5.37. The Morgan fingerprint density at radius 2 is 1.88 bits per heavy atom. The third kappa shape index (κ3) is 6.04. The van der Waals surface area contributed by atoms with Crippen LogP contribution in [0.15, 0.2) is 47.8 Å². The van der Waals surface area contributed by atoms with Gasteiger partial charge in [-0.25, -0.2) is 4.98 Å². The van der Waals surface area contributed by atoms with Crippen LogP contribution < -0.4 is 15.0 Å². The molecule has 174 valence electrons. The summed E-state index contributed by atoms with van der Waals surface area (Å²) in [4.78, 5) is 19.1. The summed E-state index contributed by atoms with van der Waals surface area (Å²) in [6.45, 7) is 3.78. The second-order valence-corrected chi connectivity index (χ2v) is 8.93. The average Bonchev–Trinajstić information content (AvgIpc) is 3.45. The van der Waals surface area contributed by atoms with Crippen LogP contribution in [0.5, 0.6) is 5.75 Å². The van der Waals surface area contributed by atoms with Gasteiger partial charge in [0, 0.05) is 18.5 Å². The molecule has 4 rings (SSSR count). The predicted octanol–water partition coefficient (Wildman–Crippen LogP) is 5.83. The van der Waals surface area contributed by atoms with Gasteiger partial charge >= 0.3 is 6.18 Å². The first-order valence-corrected chi connectivity index (χ1v) is 11.5. The fraction of sp³-hybridized carbons (Fsp3) is 0.333. The van der Waals surface area contributed by atoms with Gasteiger partial charge in [-0.05, 0) is 50.1 Å². The van der Waals surface area contributed by atoms with Crippen molar-refractivity contribution in [3.05, 3.63) is 69.7 Å². The minimum absolute atomic E-state index is 0.0310. The number of hydrogen-bond donors (Lipinski definition) is 1. The van der Waals surface area contributed by atoms with Gasteiger partial charge in [-0.3, -0.25) is 4.79 Å². The molecular formula is C24H24F3N3O2S. The lowest BCUT2D eigenvalue weighted by Gasteiger charge is -2.23. The van der Waals surface area contributed by atoms with Gasteiger partial charge in [0.25, 0.3) is 0 Å². The molecule has 1 aromatic heterocycles. The number of ether oxygens (including phenoxy) is 1. The molecule has 0 spiro atoms. The predicted molar refractivity (Wildman–Crippen MR) is 123 cm³/mol. The van der Waals surface area contributed by atoms with E-state index in [4.69, 9.17) is 4.74 Å². The van der Waals surface area contributed by atoms with E-state index in [1.165, 1.54) is 17.4 Å². The molecule has 9 heteroatoms. The van der Waals surface area contributed by atoms with E-state index in [-0.39, 0.29) is 18.7 Å². The SMILES string of the molecule is Cc1ccc(OCc2nc(CC(=O)Nc3cc(C(F)(F)F)ccc3N3CCCC3)cs2)cc1. The molecule has 5 nitrogen and oxygen atoms in total. The molecule has 1 aliphatic rings. The highest BCUT2D eigenvalue weighted by molar-refractivity contribution is 7.09. The highest BCUT2D eigenvalue weighted by Gasteiger charge is 2.32. The molecule has 33 heavy (non-hydrogen) atoms. The zero-order chi connectivity index (χ0) is 23.4. The number of aromatic nitrogens is 1. The summed E-state index contributed by atoms with van der Waals surface area (Å²) < 4.78 is 45.4. The number of anilines is 2. The first kappa shape index (κ1) is 23.1. The van der Waals surface area contributed by atoms with Crippen LogP contribution in [0.25, 0.3) is 0 Å². The van der Waals surface area contributed by atoms with Gasteiger partial charge < -0.3 is 15.0 Å². The number of amides is 1. The van der Waals surface area contributed by atoms with Crippen molar-refractivity contribution in [3.63, 3.8) is 0 Å². The fourth-order valence-electron chi connectivity index (χ4n) is 3.68. The highest BCUT2D eigenvalue weighted by Crippen LogP contribution is 2.36. The molecule has 1 fully saturated rings. The minimum atomic E-state index is -4.48. The molecule has 1 N–H and O–H groups in total. The van der Waals surface area contributed by atoms with Crippen LogP contribution >= 0.6 is 11.3 Å². The monoisotopic (exact) mass is 475 g/mol. The summed E-state index contributed by atoms with van der Waals surface area (Å²) >= 11 is 1.38. The lowest BCUT2D eigenvalue weighted by atomic mass is 10.1. The van der Waals surface area contributed by atoms with Crippen LogP contribution in [-0.4, -0.2) is 24.0 Å². The Labute approximate surface area is 194 Å². The first-order chi connectivity index (χ1) is 15.8. The van der Waals surface area contributed by atoms with Crippen molar-refractivity contribution in [3.8, 4) is 5.75 Å². The summed E-state index contributed by atoms with van der Waals surface area (Å²) in [6, 6.07) is 11.2. The van der Waals surface area contributed by atoms with E-state index >= 15 is 0 Å². The van der Waals surface area contributed by atoms with Crippen LogP contribution in [0.2, 0.25) is 0 Å². The fourth-order valence-corrected chi connectivity index (χ4v) is 4.39. The Balaban J connectivity index is 1.41. The Kier molecular flexibility index (Phi) is 6.88. The molecule has 2 aromatic carbocycles. The van der Waals surface area contributed by atoms with E-state index in [0.717, 1.165) is 54.4 Å². The Morgan fingerprint density at radius 3 is 2.58 bits per heavy atom. The van der Waals surface area contributed by atoms with Gasteiger partial charge in [0.05, 0.1) is 29.1 Å². The maximum absolute atomic E-state index is 13.2. The van der Waals surface area contributed by atoms with Crippen LogP contribution in [0.4, 0.5) is 24.5 Å². The average molecular weight is 476 g/mol. The third-order valence-corrected chi connectivity index (χ3v) is 6.24. The summed E-state index contributed by atoms with van der Waals surface area (Å²) in [5, 5.41) is 5.16. The van der Waals surface area contributed by atoms with Crippen molar-refractivity contribution >= 4 is 28.6 Å². The standard InChI is InChI=1S/C24H24F3N3O2S/c1-16-4-7-19(8-5-16)32-14-23-28-18(15-33-23)13-22(31)29-20-12-17(24(25,26)27)6-9-21(20)30-10-2-3-11-30/h4-9,12,15H,2-3,10-11,13-14H2,1H3,(H,29,31). The van der Waals surface area contributed by atoms with Crippen LogP contribution in [0.3, 0.4) is 0 Å². The Morgan fingerprint density at radius 1 is 1.15 bits per heavy atom. The second-order valence-electron chi connectivity index (χ2n) is 7.98. The number of aryl methyl sites for hydroxylation is 1. The maximum Gasteiger partial charge on any atom is 0.416 e. The molecule has 0 radical (unpaired) electrons.